The predicted octanol–water partition coefficient (Wildman–Crippen LogP) is 3.45. The number of nitrogens with one attached hydrogen (secondary N) is 1. The first kappa shape index (κ1) is 14.2. The Morgan fingerprint density at radius 3 is 2.24 bits per heavy atom. The Bertz CT molecular complexity index is 314. The van der Waals surface area contributed by atoms with Gasteiger partial charge in [0.1, 0.15) is 0 Å². The molecule has 0 aromatic carbocycles. The Morgan fingerprint density at radius 1 is 1.18 bits per heavy atom. The normalized spacial score (nSPS) is 13.4. The first-order valence-corrected chi connectivity index (χ1v) is 6.42. The van der Waals surface area contributed by atoms with Crippen LogP contribution in [0.5, 0.6) is 0 Å². The predicted molar refractivity (Wildman–Crippen MR) is 72.8 cm³/mol. The number of aromatic nitrogens is 2. The number of rotatable bonds is 4. The van der Waals surface area contributed by atoms with Crippen molar-refractivity contribution >= 4 is 0 Å². The van der Waals surface area contributed by atoms with Gasteiger partial charge in [-0.1, -0.05) is 20.8 Å². The minimum atomic E-state index is 0.191. The summed E-state index contributed by atoms with van der Waals surface area (Å²) in [6.45, 7) is 15.8. The fraction of sp³-hybridized carbons (Fsp3) is 0.786. The molecule has 0 fully saturated rings. The van der Waals surface area contributed by atoms with Crippen LogP contribution in [0, 0.1) is 5.41 Å². The molecule has 0 saturated carbocycles. The molecule has 1 aromatic rings. The third kappa shape index (κ3) is 5.35. The number of hydrogen-bond acceptors (Lipinski definition) is 2. The van der Waals surface area contributed by atoms with Crippen LogP contribution in [0.3, 0.4) is 0 Å². The average Bonchev–Trinajstić information content (AvgIpc) is 2.60. The molecule has 98 valence electrons. The summed E-state index contributed by atoms with van der Waals surface area (Å²) in [5.74, 6) is 0. The van der Waals surface area contributed by atoms with E-state index in [4.69, 9.17) is 0 Å². The number of nitrogens with zero attached hydrogens (tertiary/aromatic N) is 2. The summed E-state index contributed by atoms with van der Waals surface area (Å²) in [6.07, 6.45) is 3.03. The van der Waals surface area contributed by atoms with Crippen LogP contribution in [0.25, 0.3) is 0 Å². The monoisotopic (exact) mass is 237 g/mol. The summed E-state index contributed by atoms with van der Waals surface area (Å²) >= 11 is 0. The van der Waals surface area contributed by atoms with Crippen LogP contribution < -0.4 is 0 Å². The van der Waals surface area contributed by atoms with E-state index in [9.17, 15) is 0 Å². The zero-order chi connectivity index (χ0) is 13.1. The van der Waals surface area contributed by atoms with Gasteiger partial charge in [0.15, 0.2) is 0 Å². The van der Waals surface area contributed by atoms with Crippen LogP contribution in [-0.2, 0) is 6.54 Å². The molecule has 0 aliphatic heterocycles. The van der Waals surface area contributed by atoms with Crippen molar-refractivity contribution in [2.24, 2.45) is 5.41 Å². The second-order valence-electron chi connectivity index (χ2n) is 6.98. The first-order chi connectivity index (χ1) is 7.68. The highest BCUT2D eigenvalue weighted by Crippen LogP contribution is 2.23. The van der Waals surface area contributed by atoms with Gasteiger partial charge in [-0.3, -0.25) is 10.00 Å². The van der Waals surface area contributed by atoms with Gasteiger partial charge in [0, 0.05) is 24.0 Å². The molecule has 0 saturated heterocycles. The minimum absolute atomic E-state index is 0.191. The van der Waals surface area contributed by atoms with Gasteiger partial charge in [-0.2, -0.15) is 5.10 Å². The zero-order valence-corrected chi connectivity index (χ0v) is 12.2. The molecule has 0 radical (unpaired) electrons. The van der Waals surface area contributed by atoms with E-state index in [1.54, 1.807) is 0 Å². The SMILES string of the molecule is CC(C)(C)CCN(Cc1ccn[nH]1)C(C)(C)C. The van der Waals surface area contributed by atoms with E-state index >= 15 is 0 Å². The molecule has 1 heterocycles. The molecule has 1 rings (SSSR count). The summed E-state index contributed by atoms with van der Waals surface area (Å²) in [7, 11) is 0. The highest BCUT2D eigenvalue weighted by atomic mass is 15.2. The van der Waals surface area contributed by atoms with Crippen molar-refractivity contribution in [1.82, 2.24) is 15.1 Å². The second-order valence-corrected chi connectivity index (χ2v) is 6.98. The maximum Gasteiger partial charge on any atom is 0.0492 e. The van der Waals surface area contributed by atoms with Gasteiger partial charge in [0.2, 0.25) is 0 Å². The molecule has 1 N–H and O–H groups in total. The highest BCUT2D eigenvalue weighted by Gasteiger charge is 2.23. The van der Waals surface area contributed by atoms with Gasteiger partial charge < -0.3 is 0 Å². The van der Waals surface area contributed by atoms with Crippen molar-refractivity contribution in [3.8, 4) is 0 Å². The maximum absolute atomic E-state index is 4.01. The average molecular weight is 237 g/mol. The van der Waals surface area contributed by atoms with Crippen LogP contribution in [0.4, 0.5) is 0 Å². The van der Waals surface area contributed by atoms with E-state index in [2.05, 4.69) is 62.7 Å². The molecule has 0 atom stereocenters. The Morgan fingerprint density at radius 2 is 1.82 bits per heavy atom. The fourth-order valence-corrected chi connectivity index (χ4v) is 1.70. The smallest absolute Gasteiger partial charge is 0.0492 e. The Hall–Kier alpha value is -0.830. The standard InChI is InChI=1S/C14H27N3/c1-13(2,3)8-10-17(14(4,5)6)11-12-7-9-15-16-12/h7,9H,8,10-11H2,1-6H3,(H,15,16). The molecule has 0 amide bonds. The Labute approximate surface area is 106 Å². The van der Waals surface area contributed by atoms with E-state index < -0.39 is 0 Å². The number of aromatic amines is 1. The van der Waals surface area contributed by atoms with Crippen LogP contribution in [0.15, 0.2) is 12.3 Å². The lowest BCUT2D eigenvalue weighted by Gasteiger charge is -2.37. The van der Waals surface area contributed by atoms with Gasteiger partial charge in [0.25, 0.3) is 0 Å². The molecular weight excluding hydrogens is 210 g/mol. The van der Waals surface area contributed by atoms with E-state index in [-0.39, 0.29) is 5.54 Å². The van der Waals surface area contributed by atoms with Gasteiger partial charge in [0.05, 0.1) is 0 Å². The maximum atomic E-state index is 4.01. The van der Waals surface area contributed by atoms with Crippen molar-refractivity contribution in [3.05, 3.63) is 18.0 Å². The Balaban J connectivity index is 2.62. The summed E-state index contributed by atoms with van der Waals surface area (Å²) < 4.78 is 0. The van der Waals surface area contributed by atoms with E-state index in [1.807, 2.05) is 6.20 Å². The summed E-state index contributed by atoms with van der Waals surface area (Å²) in [4.78, 5) is 2.51. The molecule has 3 heteroatoms. The van der Waals surface area contributed by atoms with Gasteiger partial charge >= 0.3 is 0 Å². The Kier molecular flexibility index (Phi) is 4.36. The van der Waals surface area contributed by atoms with Crippen molar-refractivity contribution in [2.45, 2.75) is 60.0 Å². The van der Waals surface area contributed by atoms with Crippen LogP contribution in [0.2, 0.25) is 0 Å². The van der Waals surface area contributed by atoms with Crippen LogP contribution >= 0.6 is 0 Å². The van der Waals surface area contributed by atoms with Gasteiger partial charge in [-0.25, -0.2) is 0 Å². The van der Waals surface area contributed by atoms with Gasteiger partial charge in [-0.15, -0.1) is 0 Å². The molecule has 0 spiro atoms. The lowest BCUT2D eigenvalue weighted by atomic mass is 9.91. The second kappa shape index (κ2) is 5.21. The lowest BCUT2D eigenvalue weighted by molar-refractivity contribution is 0.109. The van der Waals surface area contributed by atoms with Crippen molar-refractivity contribution in [1.29, 1.82) is 0 Å². The number of H-pyrrole nitrogens is 1. The summed E-state index contributed by atoms with van der Waals surface area (Å²) in [6, 6.07) is 2.05. The fourth-order valence-electron chi connectivity index (χ4n) is 1.70. The third-order valence-corrected chi connectivity index (χ3v) is 3.00. The largest absolute Gasteiger partial charge is 0.293 e. The third-order valence-electron chi connectivity index (χ3n) is 3.00. The molecule has 0 bridgehead atoms. The summed E-state index contributed by atoms with van der Waals surface area (Å²) in [5, 5.41) is 7.06. The molecule has 1 aromatic heterocycles. The van der Waals surface area contributed by atoms with Crippen molar-refractivity contribution in [2.75, 3.05) is 6.54 Å². The molecular formula is C14H27N3. The lowest BCUT2D eigenvalue weighted by Crippen LogP contribution is -2.42. The quantitative estimate of drug-likeness (QED) is 0.870. The molecule has 0 unspecified atom stereocenters. The zero-order valence-electron chi connectivity index (χ0n) is 12.2. The van der Waals surface area contributed by atoms with Crippen LogP contribution in [-0.4, -0.2) is 27.2 Å². The van der Waals surface area contributed by atoms with E-state index in [0.29, 0.717) is 5.41 Å². The summed E-state index contributed by atoms with van der Waals surface area (Å²) in [5.41, 5.74) is 1.77. The van der Waals surface area contributed by atoms with Crippen molar-refractivity contribution in [3.63, 3.8) is 0 Å². The van der Waals surface area contributed by atoms with E-state index in [1.165, 1.54) is 12.1 Å². The number of hydrogen-bond donors (Lipinski definition) is 1. The highest BCUT2D eigenvalue weighted by molar-refractivity contribution is 4.98. The van der Waals surface area contributed by atoms with Gasteiger partial charge in [-0.05, 0) is 45.2 Å². The first-order valence-electron chi connectivity index (χ1n) is 6.42. The molecule has 0 aliphatic carbocycles. The minimum Gasteiger partial charge on any atom is -0.293 e. The van der Waals surface area contributed by atoms with Crippen LogP contribution in [0.1, 0.15) is 53.7 Å². The van der Waals surface area contributed by atoms with Crippen molar-refractivity contribution < 1.29 is 0 Å². The molecule has 17 heavy (non-hydrogen) atoms. The topological polar surface area (TPSA) is 31.9 Å². The molecule has 0 aliphatic rings. The van der Waals surface area contributed by atoms with E-state index in [0.717, 1.165) is 13.1 Å². The molecule has 3 nitrogen and oxygen atoms in total.